The number of unbranched alkanes of at least 4 members (excludes halogenated alkanes) is 4. The minimum absolute atomic E-state index is 0.0229. The summed E-state index contributed by atoms with van der Waals surface area (Å²) in [5, 5.41) is 4.69. The van der Waals surface area contributed by atoms with Crippen LogP contribution in [0.5, 0.6) is 0 Å². The first kappa shape index (κ1) is 48.6. The van der Waals surface area contributed by atoms with E-state index in [1.165, 1.54) is 175 Å². The van der Waals surface area contributed by atoms with Gasteiger partial charge in [0.1, 0.15) is 0 Å². The zero-order valence-electron chi connectivity index (χ0n) is 42.6. The molecule has 10 rings (SSSR count). The summed E-state index contributed by atoms with van der Waals surface area (Å²) in [4.78, 5) is 42.7. The number of carbonyl (C=O) groups excluding carboxylic acids is 2. The molecule has 0 saturated carbocycles. The number of hydrogen-bond donors (Lipinski definition) is 0. The van der Waals surface area contributed by atoms with Crippen molar-refractivity contribution in [2.24, 2.45) is 29.6 Å². The van der Waals surface area contributed by atoms with Crippen LogP contribution in [0, 0.1) is 29.6 Å². The van der Waals surface area contributed by atoms with Crippen LogP contribution < -0.4 is 0 Å². The molecule has 0 aromatic carbocycles. The summed E-state index contributed by atoms with van der Waals surface area (Å²) in [6.07, 6.45) is 33.4. The summed E-state index contributed by atoms with van der Waals surface area (Å²) in [7, 11) is 0. The molecule has 8 heteroatoms. The number of rotatable bonds is 24. The Hall–Kier alpha value is -3.04. The minimum atomic E-state index is -0.523. The molecule has 0 N–H and O–H groups in total. The molecule has 4 aromatic heterocycles. The summed E-state index contributed by atoms with van der Waals surface area (Å²) in [5.41, 5.74) is 10.3. The molecule has 0 spiro atoms. The third-order valence-electron chi connectivity index (χ3n) is 18.0. The third-order valence-corrected chi connectivity index (χ3v) is 22.7. The van der Waals surface area contributed by atoms with E-state index in [2.05, 4.69) is 103 Å². The van der Waals surface area contributed by atoms with Crippen molar-refractivity contribution < 1.29 is 9.59 Å². The summed E-state index contributed by atoms with van der Waals surface area (Å²) in [6, 6.07) is 4.64. The maximum absolute atomic E-state index is 15.3. The lowest BCUT2D eigenvalue weighted by molar-refractivity contribution is -0.128. The Labute approximate surface area is 425 Å². The quantitative estimate of drug-likeness (QED) is 0.0702. The van der Waals surface area contributed by atoms with Crippen LogP contribution in [0.25, 0.3) is 37.4 Å². The lowest BCUT2D eigenvalue weighted by Gasteiger charge is -2.39. The number of nitrogens with zero attached hydrogens (tertiary/aromatic N) is 2. The highest BCUT2D eigenvalue weighted by atomic mass is 32.1. The molecular formula is C60H78N2O2S4. The van der Waals surface area contributed by atoms with Gasteiger partial charge in [-0.25, -0.2) is 0 Å². The monoisotopic (exact) mass is 986 g/mol. The van der Waals surface area contributed by atoms with E-state index < -0.39 is 5.92 Å². The average Bonchev–Trinajstić information content (AvgIpc) is 4.23. The fourth-order valence-corrected chi connectivity index (χ4v) is 19.7. The lowest BCUT2D eigenvalue weighted by Crippen LogP contribution is -2.35. The zero-order valence-corrected chi connectivity index (χ0v) is 45.8. The Morgan fingerprint density at radius 3 is 1.49 bits per heavy atom. The van der Waals surface area contributed by atoms with Gasteiger partial charge in [-0.3, -0.25) is 14.5 Å². The van der Waals surface area contributed by atoms with Gasteiger partial charge >= 0.3 is 0 Å². The van der Waals surface area contributed by atoms with Crippen LogP contribution in [0.2, 0.25) is 0 Å². The molecule has 2 aliphatic carbocycles. The van der Waals surface area contributed by atoms with Crippen molar-refractivity contribution in [3.05, 3.63) is 84.0 Å². The third kappa shape index (κ3) is 7.55. The maximum Gasteiger partial charge on any atom is 0.257 e. The first-order chi connectivity index (χ1) is 33.2. The lowest BCUT2D eigenvalue weighted by atomic mass is 9.64. The second-order valence-electron chi connectivity index (χ2n) is 21.8. The van der Waals surface area contributed by atoms with E-state index in [0.29, 0.717) is 23.7 Å². The second kappa shape index (κ2) is 19.9. The van der Waals surface area contributed by atoms with Crippen LogP contribution in [0.15, 0.2) is 40.9 Å². The highest BCUT2D eigenvalue weighted by Gasteiger charge is 2.61. The van der Waals surface area contributed by atoms with Gasteiger partial charge in [-0.05, 0) is 112 Å². The largest absolute Gasteiger partial charge is 0.306 e. The van der Waals surface area contributed by atoms with E-state index in [4.69, 9.17) is 0 Å². The minimum Gasteiger partial charge on any atom is -0.306 e. The molecule has 1 fully saturated rings. The first-order valence-electron chi connectivity index (χ1n) is 27.5. The summed E-state index contributed by atoms with van der Waals surface area (Å²) in [5.74, 6) is 2.17. The van der Waals surface area contributed by atoms with Crippen molar-refractivity contribution in [1.29, 1.82) is 0 Å². The van der Waals surface area contributed by atoms with Crippen LogP contribution in [-0.2, 0) is 20.4 Å². The maximum atomic E-state index is 15.3. The van der Waals surface area contributed by atoms with E-state index in [1.807, 2.05) is 55.1 Å². The normalized spacial score (nSPS) is 24.2. The van der Waals surface area contributed by atoms with Gasteiger partial charge < -0.3 is 4.90 Å². The SMILES string of the molecule is CCCCC(CC)CC1(CC(CC)CCCC)c2ccsc2-c2sc3c(c21)C=CN1C(=O)C2C(=C31)C(=O)N1C=Cc3c(sc4c3C(CC(CC)CCCC)(CC(CC)CCCC)c3ccsc3-4)C21. The highest BCUT2D eigenvalue weighted by molar-refractivity contribution is 7.23. The summed E-state index contributed by atoms with van der Waals surface area (Å²) >= 11 is 7.64. The molecule has 0 bridgehead atoms. The number of fused-ring (bicyclic) bond motifs is 16. The molecule has 68 heavy (non-hydrogen) atoms. The Bertz CT molecular complexity index is 2570. The summed E-state index contributed by atoms with van der Waals surface area (Å²) in [6.45, 7) is 19.0. The molecule has 1 saturated heterocycles. The van der Waals surface area contributed by atoms with Crippen LogP contribution in [0.4, 0.5) is 0 Å². The predicted octanol–water partition coefficient (Wildman–Crippen LogP) is 18.6. The molecule has 0 radical (unpaired) electrons. The topological polar surface area (TPSA) is 40.6 Å². The number of amides is 2. The molecule has 6 unspecified atom stereocenters. The van der Waals surface area contributed by atoms with E-state index >= 15 is 9.59 Å². The summed E-state index contributed by atoms with van der Waals surface area (Å²) < 4.78 is 0. The van der Waals surface area contributed by atoms with Crippen molar-refractivity contribution >= 4 is 75.0 Å². The highest BCUT2D eigenvalue weighted by Crippen LogP contribution is 2.68. The molecular weight excluding hydrogens is 909 g/mol. The predicted molar refractivity (Wildman–Crippen MR) is 293 cm³/mol. The van der Waals surface area contributed by atoms with E-state index in [1.54, 1.807) is 11.1 Å². The Morgan fingerprint density at radius 2 is 1.01 bits per heavy atom. The van der Waals surface area contributed by atoms with Crippen molar-refractivity contribution in [3.63, 3.8) is 0 Å². The molecule has 2 amide bonds. The van der Waals surface area contributed by atoms with Gasteiger partial charge in [-0.15, -0.1) is 45.3 Å². The van der Waals surface area contributed by atoms with Gasteiger partial charge in [0, 0.05) is 53.2 Å². The fraction of sp³-hybridized carbons (Fsp3) is 0.600. The number of carbonyl (C=O) groups is 2. The first-order valence-corrected chi connectivity index (χ1v) is 30.8. The van der Waals surface area contributed by atoms with Crippen molar-refractivity contribution in [2.45, 2.75) is 201 Å². The molecule has 4 aliphatic heterocycles. The number of thiophene rings is 4. The van der Waals surface area contributed by atoms with Crippen molar-refractivity contribution in [3.8, 4) is 19.5 Å². The zero-order chi connectivity index (χ0) is 47.5. The molecule has 6 aliphatic rings. The van der Waals surface area contributed by atoms with Crippen LogP contribution in [-0.4, -0.2) is 21.6 Å². The molecule has 4 aromatic rings. The number of hydrogen-bond acceptors (Lipinski definition) is 6. The van der Waals surface area contributed by atoms with Crippen LogP contribution in [0.3, 0.4) is 0 Å². The van der Waals surface area contributed by atoms with Gasteiger partial charge in [0.2, 0.25) is 5.91 Å². The molecule has 364 valence electrons. The van der Waals surface area contributed by atoms with E-state index in [-0.39, 0.29) is 28.7 Å². The molecule has 6 atom stereocenters. The fourth-order valence-electron chi connectivity index (χ4n) is 14.4. The molecule has 8 heterocycles. The second-order valence-corrected chi connectivity index (χ2v) is 25.7. The Kier molecular flexibility index (Phi) is 14.2. The van der Waals surface area contributed by atoms with Gasteiger partial charge in [0.15, 0.2) is 0 Å². The van der Waals surface area contributed by atoms with Gasteiger partial charge in [-0.2, -0.15) is 0 Å². The van der Waals surface area contributed by atoms with Crippen LogP contribution >= 0.6 is 45.3 Å². The Morgan fingerprint density at radius 1 is 0.559 bits per heavy atom. The Balaban J connectivity index is 1.10. The smallest absolute Gasteiger partial charge is 0.257 e. The van der Waals surface area contributed by atoms with E-state index in [9.17, 15) is 0 Å². The molecule has 4 nitrogen and oxygen atoms in total. The average molecular weight is 988 g/mol. The van der Waals surface area contributed by atoms with Gasteiger partial charge in [-0.1, -0.05) is 158 Å². The van der Waals surface area contributed by atoms with E-state index in [0.717, 1.165) is 16.1 Å². The van der Waals surface area contributed by atoms with Gasteiger partial charge in [0.05, 0.1) is 28.1 Å². The van der Waals surface area contributed by atoms with Crippen LogP contribution in [0.1, 0.15) is 233 Å². The van der Waals surface area contributed by atoms with Crippen molar-refractivity contribution in [2.75, 3.05) is 0 Å². The standard InChI is InChI=1S/C60H78N2O2S4/c1-9-17-21-37(13-5)33-59(34-38(14-6)22-18-10-2)43-27-31-65-53(43)55-47(59)41-25-29-61-49(51(41)67-55)45-46(58(61)64)50-52-42(26-30-62(50)57(45)63)48-56(68-52)54-44(28-32-66-54)60(48,35-39(15-7)23-19-11-3)36-40(16-8)24-20-12-4/h25-32,37-40,45,49H,9-24,33-36H2,1-8H3. The van der Waals surface area contributed by atoms with Crippen molar-refractivity contribution in [1.82, 2.24) is 9.80 Å². The van der Waals surface area contributed by atoms with Gasteiger partial charge in [0.25, 0.3) is 5.91 Å².